The average Bonchev–Trinajstić information content (AvgIpc) is 2.84. The highest BCUT2D eigenvalue weighted by Crippen LogP contribution is 2.05. The number of morpholine rings is 1. The number of benzene rings is 2. The van der Waals surface area contributed by atoms with E-state index in [-0.39, 0.29) is 12.2 Å². The van der Waals surface area contributed by atoms with Crippen molar-refractivity contribution < 1.29 is 13.9 Å². The van der Waals surface area contributed by atoms with E-state index in [9.17, 15) is 18.8 Å². The number of carbonyl (C=O) groups is 1. The van der Waals surface area contributed by atoms with Crippen LogP contribution in [0.2, 0.25) is 0 Å². The van der Waals surface area contributed by atoms with Crippen LogP contribution in [0.3, 0.4) is 0 Å². The molecule has 1 aliphatic rings. The minimum atomic E-state index is -0.805. The third-order valence-corrected chi connectivity index (χ3v) is 5.35. The van der Waals surface area contributed by atoms with Gasteiger partial charge in [-0.15, -0.1) is 0 Å². The lowest BCUT2D eigenvalue weighted by molar-refractivity contribution is 0.0383. The van der Waals surface area contributed by atoms with Gasteiger partial charge in [-0.05, 0) is 29.8 Å². The Kier molecular flexibility index (Phi) is 7.06. The molecule has 0 aliphatic carbocycles. The Labute approximate surface area is 189 Å². The van der Waals surface area contributed by atoms with Gasteiger partial charge in [-0.1, -0.05) is 30.3 Å². The highest BCUT2D eigenvalue weighted by atomic mass is 19.1. The SMILES string of the molecule is O=C(NCCN1CCOCC1)c1nn(-c2ccccc2)c(=O)n(Cc2ccc(F)cc2)c1=O. The van der Waals surface area contributed by atoms with Crippen LogP contribution in [0, 0.1) is 5.82 Å². The molecule has 0 spiro atoms. The summed E-state index contributed by atoms with van der Waals surface area (Å²) >= 11 is 0. The van der Waals surface area contributed by atoms with E-state index < -0.39 is 23.0 Å². The number of halogens is 1. The fourth-order valence-electron chi connectivity index (χ4n) is 3.54. The summed E-state index contributed by atoms with van der Waals surface area (Å²) in [6, 6.07) is 14.0. The Morgan fingerprint density at radius 1 is 1.03 bits per heavy atom. The molecule has 1 amide bonds. The van der Waals surface area contributed by atoms with Gasteiger partial charge >= 0.3 is 5.69 Å². The van der Waals surface area contributed by atoms with Crippen molar-refractivity contribution >= 4 is 5.91 Å². The van der Waals surface area contributed by atoms with Crippen LogP contribution in [-0.4, -0.2) is 64.5 Å². The van der Waals surface area contributed by atoms with Gasteiger partial charge in [0.15, 0.2) is 0 Å². The second-order valence-corrected chi connectivity index (χ2v) is 7.61. The maximum absolute atomic E-state index is 13.3. The Balaban J connectivity index is 1.65. The van der Waals surface area contributed by atoms with E-state index in [2.05, 4.69) is 15.3 Å². The number of nitrogens with zero attached hydrogens (tertiary/aromatic N) is 4. The number of ether oxygens (including phenoxy) is 1. The first kappa shape index (κ1) is 22.6. The average molecular weight is 453 g/mol. The summed E-state index contributed by atoms with van der Waals surface area (Å²) in [5, 5.41) is 6.81. The maximum atomic E-state index is 13.3. The predicted octanol–water partition coefficient (Wildman–Crippen LogP) is 0.644. The van der Waals surface area contributed by atoms with Gasteiger partial charge in [0.25, 0.3) is 11.5 Å². The molecule has 172 valence electrons. The van der Waals surface area contributed by atoms with Crippen LogP contribution in [0.25, 0.3) is 5.69 Å². The largest absolute Gasteiger partial charge is 0.379 e. The fraction of sp³-hybridized carbons (Fsp3) is 0.304. The molecule has 1 fully saturated rings. The van der Waals surface area contributed by atoms with Crippen LogP contribution < -0.4 is 16.6 Å². The van der Waals surface area contributed by atoms with Crippen molar-refractivity contribution in [3.05, 3.63) is 92.5 Å². The zero-order valence-corrected chi connectivity index (χ0v) is 17.9. The summed E-state index contributed by atoms with van der Waals surface area (Å²) in [7, 11) is 0. The first-order valence-corrected chi connectivity index (χ1v) is 10.7. The second-order valence-electron chi connectivity index (χ2n) is 7.61. The molecule has 1 N–H and O–H groups in total. The zero-order valence-electron chi connectivity index (χ0n) is 17.9. The quantitative estimate of drug-likeness (QED) is 0.564. The first-order valence-electron chi connectivity index (χ1n) is 10.7. The second kappa shape index (κ2) is 10.3. The van der Waals surface area contributed by atoms with Crippen molar-refractivity contribution in [3.63, 3.8) is 0 Å². The summed E-state index contributed by atoms with van der Waals surface area (Å²) in [5.74, 6) is -1.09. The number of carbonyl (C=O) groups excluding carboxylic acids is 1. The van der Waals surface area contributed by atoms with E-state index in [1.54, 1.807) is 30.3 Å². The van der Waals surface area contributed by atoms with E-state index in [0.29, 0.717) is 37.6 Å². The smallest absolute Gasteiger partial charge is 0.352 e. The maximum Gasteiger partial charge on any atom is 0.352 e. The third kappa shape index (κ3) is 5.41. The Morgan fingerprint density at radius 2 is 1.73 bits per heavy atom. The van der Waals surface area contributed by atoms with Gasteiger partial charge < -0.3 is 10.1 Å². The monoisotopic (exact) mass is 453 g/mol. The minimum absolute atomic E-state index is 0.124. The van der Waals surface area contributed by atoms with Crippen LogP contribution in [-0.2, 0) is 11.3 Å². The molecule has 33 heavy (non-hydrogen) atoms. The van der Waals surface area contributed by atoms with Crippen LogP contribution in [0.4, 0.5) is 4.39 Å². The van der Waals surface area contributed by atoms with Crippen molar-refractivity contribution in [1.82, 2.24) is 24.6 Å². The molecule has 1 aromatic heterocycles. The van der Waals surface area contributed by atoms with Gasteiger partial charge in [-0.3, -0.25) is 19.1 Å². The van der Waals surface area contributed by atoms with E-state index in [0.717, 1.165) is 22.3 Å². The molecule has 0 unspecified atom stereocenters. The van der Waals surface area contributed by atoms with Crippen molar-refractivity contribution in [2.75, 3.05) is 39.4 Å². The van der Waals surface area contributed by atoms with Gasteiger partial charge in [0.1, 0.15) is 5.82 Å². The third-order valence-electron chi connectivity index (χ3n) is 5.35. The molecule has 2 aromatic carbocycles. The van der Waals surface area contributed by atoms with Crippen LogP contribution in [0.5, 0.6) is 0 Å². The zero-order chi connectivity index (χ0) is 23.2. The lowest BCUT2D eigenvalue weighted by Crippen LogP contribution is -2.47. The van der Waals surface area contributed by atoms with E-state index in [1.807, 2.05) is 0 Å². The lowest BCUT2D eigenvalue weighted by Gasteiger charge is -2.26. The number of hydrogen-bond acceptors (Lipinski definition) is 6. The highest BCUT2D eigenvalue weighted by Gasteiger charge is 2.21. The summed E-state index contributed by atoms with van der Waals surface area (Å²) in [4.78, 5) is 41.2. The molecular weight excluding hydrogens is 429 g/mol. The molecule has 0 radical (unpaired) electrons. The molecule has 0 saturated carbocycles. The van der Waals surface area contributed by atoms with Crippen LogP contribution >= 0.6 is 0 Å². The highest BCUT2D eigenvalue weighted by molar-refractivity contribution is 5.91. The number of aromatic nitrogens is 3. The molecule has 0 atom stereocenters. The van der Waals surface area contributed by atoms with Crippen molar-refractivity contribution in [2.45, 2.75) is 6.54 Å². The van der Waals surface area contributed by atoms with Crippen molar-refractivity contribution in [2.24, 2.45) is 0 Å². The number of amides is 1. The minimum Gasteiger partial charge on any atom is -0.379 e. The summed E-state index contributed by atoms with van der Waals surface area (Å²) in [6.07, 6.45) is 0. The van der Waals surface area contributed by atoms with E-state index in [4.69, 9.17) is 4.74 Å². The predicted molar refractivity (Wildman–Crippen MR) is 119 cm³/mol. The fourth-order valence-corrected chi connectivity index (χ4v) is 3.54. The summed E-state index contributed by atoms with van der Waals surface area (Å²) < 4.78 is 20.6. The molecule has 4 rings (SSSR count). The number of hydrogen-bond donors (Lipinski definition) is 1. The molecule has 2 heterocycles. The molecule has 9 nitrogen and oxygen atoms in total. The van der Waals surface area contributed by atoms with Crippen molar-refractivity contribution in [3.8, 4) is 5.69 Å². The Bertz CT molecular complexity index is 1220. The number of para-hydroxylation sites is 1. The van der Waals surface area contributed by atoms with Gasteiger partial charge in [0.2, 0.25) is 5.69 Å². The molecule has 10 heteroatoms. The van der Waals surface area contributed by atoms with Crippen LogP contribution in [0.15, 0.2) is 64.2 Å². The number of rotatable bonds is 7. The van der Waals surface area contributed by atoms with Gasteiger partial charge in [-0.25, -0.2) is 9.18 Å². The van der Waals surface area contributed by atoms with Crippen molar-refractivity contribution in [1.29, 1.82) is 0 Å². The summed E-state index contributed by atoms with van der Waals surface area (Å²) in [5.41, 5.74) is -0.930. The van der Waals surface area contributed by atoms with E-state index >= 15 is 0 Å². The Morgan fingerprint density at radius 3 is 2.42 bits per heavy atom. The standard InChI is InChI=1S/C23H24FN5O4/c24-18-8-6-17(7-9-18)16-28-22(31)20(21(30)25-10-11-27-12-14-33-15-13-27)26-29(23(28)32)19-4-2-1-3-5-19/h1-9H,10-16H2,(H,25,30). The molecule has 0 bridgehead atoms. The number of nitrogens with one attached hydrogen (secondary N) is 1. The van der Waals surface area contributed by atoms with E-state index in [1.165, 1.54) is 24.3 Å². The molecule has 1 saturated heterocycles. The molecular formula is C23H24FN5O4. The normalized spacial score (nSPS) is 14.2. The first-order chi connectivity index (χ1) is 16.0. The Hall–Kier alpha value is -3.63. The van der Waals surface area contributed by atoms with Gasteiger partial charge in [0.05, 0.1) is 25.4 Å². The van der Waals surface area contributed by atoms with Crippen LogP contribution in [0.1, 0.15) is 16.1 Å². The molecule has 1 aliphatic heterocycles. The lowest BCUT2D eigenvalue weighted by atomic mass is 10.2. The van der Waals surface area contributed by atoms with Gasteiger partial charge in [0, 0.05) is 26.2 Å². The molecule has 3 aromatic rings. The topological polar surface area (TPSA) is 98.5 Å². The summed E-state index contributed by atoms with van der Waals surface area (Å²) in [6.45, 7) is 3.65. The van der Waals surface area contributed by atoms with Gasteiger partial charge in [-0.2, -0.15) is 9.78 Å².